The molecule has 0 aliphatic heterocycles. The van der Waals surface area contributed by atoms with Gasteiger partial charge >= 0.3 is 0 Å². The number of nitrogens with two attached hydrogens (primary N) is 1. The second kappa shape index (κ2) is 14.1. The Morgan fingerprint density at radius 2 is 1.05 bits per heavy atom. The predicted octanol–water partition coefficient (Wildman–Crippen LogP) is 10.2. The molecule has 5 aromatic carbocycles. The molecule has 2 N–H and O–H groups in total. The lowest BCUT2D eigenvalue weighted by Crippen LogP contribution is -2.18. The van der Waals surface area contributed by atoms with Crippen molar-refractivity contribution in [3.05, 3.63) is 115 Å². The standard InChI is InChI=1S/C25H31N.C10H9N/c1-2-3-4-5-6-7-13-21-26(23-17-9-8-10-18-23)25-20-14-16-22-15-11-12-19-24(22)25;11-10-7-3-5-8-4-1-2-6-9(8)10/h8-12,14-20H,2-7,13,21H2,1H3;1-7H,11H2. The summed E-state index contributed by atoms with van der Waals surface area (Å²) in [6.45, 7) is 3.35. The first-order valence-electron chi connectivity index (χ1n) is 13.8. The fraction of sp³-hybridized carbons (Fsp3) is 0.257. The Balaban J connectivity index is 0.000000241. The summed E-state index contributed by atoms with van der Waals surface area (Å²) in [6.07, 6.45) is 9.39. The zero-order valence-corrected chi connectivity index (χ0v) is 22.2. The van der Waals surface area contributed by atoms with Crippen molar-refractivity contribution >= 4 is 38.6 Å². The number of benzene rings is 5. The number of nitrogens with zero attached hydrogens (tertiary/aromatic N) is 1. The van der Waals surface area contributed by atoms with Gasteiger partial charge in [0.25, 0.3) is 0 Å². The molecule has 5 aromatic rings. The Morgan fingerprint density at radius 3 is 1.76 bits per heavy atom. The Hall–Kier alpha value is -3.78. The van der Waals surface area contributed by atoms with E-state index >= 15 is 0 Å². The van der Waals surface area contributed by atoms with Crippen LogP contribution in [0.5, 0.6) is 0 Å². The second-order valence-corrected chi connectivity index (χ2v) is 9.68. The van der Waals surface area contributed by atoms with Gasteiger partial charge in [0.15, 0.2) is 0 Å². The highest BCUT2D eigenvalue weighted by Crippen LogP contribution is 2.32. The molecule has 0 aliphatic rings. The van der Waals surface area contributed by atoms with Crippen LogP contribution in [0.3, 0.4) is 0 Å². The first kappa shape index (κ1) is 26.3. The lowest BCUT2D eigenvalue weighted by molar-refractivity contribution is 0.591. The fourth-order valence-corrected chi connectivity index (χ4v) is 4.92. The van der Waals surface area contributed by atoms with Gasteiger partial charge in [-0.25, -0.2) is 0 Å². The molecule has 190 valence electrons. The second-order valence-electron chi connectivity index (χ2n) is 9.68. The summed E-state index contributed by atoms with van der Waals surface area (Å²) in [7, 11) is 0. The number of hydrogen-bond donors (Lipinski definition) is 1. The van der Waals surface area contributed by atoms with Crippen LogP contribution >= 0.6 is 0 Å². The van der Waals surface area contributed by atoms with Crippen molar-refractivity contribution in [1.29, 1.82) is 0 Å². The molecular formula is C35H40N2. The summed E-state index contributed by atoms with van der Waals surface area (Å²) >= 11 is 0. The van der Waals surface area contributed by atoms with Crippen molar-refractivity contribution in [2.45, 2.75) is 51.9 Å². The molecule has 0 fully saturated rings. The lowest BCUT2D eigenvalue weighted by atomic mass is 10.1. The highest BCUT2D eigenvalue weighted by Gasteiger charge is 2.11. The van der Waals surface area contributed by atoms with Gasteiger partial charge in [-0.3, -0.25) is 0 Å². The average molecular weight is 489 g/mol. The molecule has 0 aliphatic carbocycles. The molecule has 2 heteroatoms. The van der Waals surface area contributed by atoms with Gasteiger partial charge in [-0.15, -0.1) is 0 Å². The molecule has 0 heterocycles. The van der Waals surface area contributed by atoms with Crippen molar-refractivity contribution in [1.82, 2.24) is 0 Å². The van der Waals surface area contributed by atoms with Gasteiger partial charge < -0.3 is 10.6 Å². The molecule has 0 atom stereocenters. The highest BCUT2D eigenvalue weighted by molar-refractivity contribution is 5.96. The van der Waals surface area contributed by atoms with Crippen molar-refractivity contribution in [3.63, 3.8) is 0 Å². The van der Waals surface area contributed by atoms with Gasteiger partial charge in [0.1, 0.15) is 0 Å². The minimum atomic E-state index is 0.850. The van der Waals surface area contributed by atoms with Crippen molar-refractivity contribution in [3.8, 4) is 0 Å². The Kier molecular flexibility index (Phi) is 10.0. The quantitative estimate of drug-likeness (QED) is 0.156. The zero-order valence-electron chi connectivity index (χ0n) is 22.2. The van der Waals surface area contributed by atoms with Crippen molar-refractivity contribution < 1.29 is 0 Å². The lowest BCUT2D eigenvalue weighted by Gasteiger charge is -2.26. The van der Waals surface area contributed by atoms with Gasteiger partial charge in [0, 0.05) is 34.4 Å². The third kappa shape index (κ3) is 7.36. The molecule has 0 saturated heterocycles. The Bertz CT molecular complexity index is 1350. The maximum atomic E-state index is 5.76. The van der Waals surface area contributed by atoms with E-state index in [-0.39, 0.29) is 0 Å². The number of anilines is 3. The minimum Gasteiger partial charge on any atom is -0.398 e. The molecule has 0 bridgehead atoms. The van der Waals surface area contributed by atoms with E-state index in [9.17, 15) is 0 Å². The number of fused-ring (bicyclic) bond motifs is 2. The molecule has 0 spiro atoms. The number of rotatable bonds is 10. The van der Waals surface area contributed by atoms with E-state index in [1.54, 1.807) is 0 Å². The molecule has 37 heavy (non-hydrogen) atoms. The van der Waals surface area contributed by atoms with Gasteiger partial charge in [-0.2, -0.15) is 0 Å². The summed E-state index contributed by atoms with van der Waals surface area (Å²) in [5.74, 6) is 0. The van der Waals surface area contributed by atoms with Crippen LogP contribution in [-0.2, 0) is 0 Å². The van der Waals surface area contributed by atoms with E-state index in [1.807, 2.05) is 30.3 Å². The molecule has 0 radical (unpaired) electrons. The number of unbranched alkanes of at least 4 members (excludes halogenated alkanes) is 6. The molecule has 0 aromatic heterocycles. The first-order chi connectivity index (χ1) is 18.3. The predicted molar refractivity (Wildman–Crippen MR) is 164 cm³/mol. The van der Waals surface area contributed by atoms with E-state index in [2.05, 4.69) is 96.8 Å². The van der Waals surface area contributed by atoms with Gasteiger partial charge in [-0.1, -0.05) is 136 Å². The van der Waals surface area contributed by atoms with E-state index in [1.165, 1.54) is 72.5 Å². The molecular weight excluding hydrogens is 448 g/mol. The average Bonchev–Trinajstić information content (AvgIpc) is 2.96. The van der Waals surface area contributed by atoms with Crippen LogP contribution in [0.25, 0.3) is 21.5 Å². The minimum absolute atomic E-state index is 0.850. The summed E-state index contributed by atoms with van der Waals surface area (Å²) in [5.41, 5.74) is 9.21. The molecule has 0 amide bonds. The third-order valence-electron chi connectivity index (χ3n) is 6.93. The van der Waals surface area contributed by atoms with Crippen LogP contribution in [0.2, 0.25) is 0 Å². The fourth-order valence-electron chi connectivity index (χ4n) is 4.92. The first-order valence-corrected chi connectivity index (χ1v) is 13.8. The van der Waals surface area contributed by atoms with Crippen LogP contribution in [-0.4, -0.2) is 6.54 Å². The Morgan fingerprint density at radius 1 is 0.514 bits per heavy atom. The molecule has 0 unspecified atom stereocenters. The summed E-state index contributed by atoms with van der Waals surface area (Å²) in [5, 5.41) is 4.98. The van der Waals surface area contributed by atoms with Crippen LogP contribution in [0.4, 0.5) is 17.1 Å². The van der Waals surface area contributed by atoms with E-state index in [4.69, 9.17) is 5.73 Å². The van der Waals surface area contributed by atoms with Crippen molar-refractivity contribution in [2.24, 2.45) is 0 Å². The number of hydrogen-bond acceptors (Lipinski definition) is 2. The van der Waals surface area contributed by atoms with E-state index < -0.39 is 0 Å². The van der Waals surface area contributed by atoms with Crippen molar-refractivity contribution in [2.75, 3.05) is 17.2 Å². The van der Waals surface area contributed by atoms with Crippen LogP contribution in [0, 0.1) is 0 Å². The van der Waals surface area contributed by atoms with Gasteiger partial charge in [-0.05, 0) is 41.5 Å². The van der Waals surface area contributed by atoms with Gasteiger partial charge in [0.05, 0.1) is 0 Å². The molecule has 2 nitrogen and oxygen atoms in total. The normalized spacial score (nSPS) is 10.7. The monoisotopic (exact) mass is 488 g/mol. The highest BCUT2D eigenvalue weighted by atomic mass is 15.1. The zero-order chi connectivity index (χ0) is 25.7. The largest absolute Gasteiger partial charge is 0.398 e. The summed E-state index contributed by atoms with van der Waals surface area (Å²) < 4.78 is 0. The maximum Gasteiger partial charge on any atom is 0.0490 e. The van der Waals surface area contributed by atoms with E-state index in [0.717, 1.165) is 17.6 Å². The van der Waals surface area contributed by atoms with Crippen LogP contribution in [0.15, 0.2) is 115 Å². The number of para-hydroxylation sites is 1. The van der Waals surface area contributed by atoms with Gasteiger partial charge in [0.2, 0.25) is 0 Å². The smallest absolute Gasteiger partial charge is 0.0490 e. The third-order valence-corrected chi connectivity index (χ3v) is 6.93. The SMILES string of the molecule is CCCCCCCCCN(c1ccccc1)c1cccc2ccccc12.Nc1cccc2ccccc12. The topological polar surface area (TPSA) is 29.3 Å². The van der Waals surface area contributed by atoms with Crippen LogP contribution in [0.1, 0.15) is 51.9 Å². The molecule has 5 rings (SSSR count). The summed E-state index contributed by atoms with van der Waals surface area (Å²) in [4.78, 5) is 2.49. The molecule has 0 saturated carbocycles. The van der Waals surface area contributed by atoms with E-state index in [0.29, 0.717) is 0 Å². The number of nitrogen functional groups attached to an aromatic ring is 1. The summed E-state index contributed by atoms with van der Waals surface area (Å²) in [6, 6.07) is 40.2. The maximum absolute atomic E-state index is 5.76. The van der Waals surface area contributed by atoms with Crippen LogP contribution < -0.4 is 10.6 Å². The Labute approximate surface area is 222 Å².